The Morgan fingerprint density at radius 3 is 2.48 bits per heavy atom. The van der Waals surface area contributed by atoms with Gasteiger partial charge in [0.1, 0.15) is 4.05 Å². The van der Waals surface area contributed by atoms with E-state index >= 15 is 0 Å². The Morgan fingerprint density at radius 2 is 2.05 bits per heavy atom. The van der Waals surface area contributed by atoms with Gasteiger partial charge in [-0.3, -0.25) is 4.99 Å². The number of alkyl halides is 3. The van der Waals surface area contributed by atoms with Gasteiger partial charge in [-0.05, 0) is 26.3 Å². The van der Waals surface area contributed by atoms with Crippen molar-refractivity contribution in [3.63, 3.8) is 0 Å². The summed E-state index contributed by atoms with van der Waals surface area (Å²) in [4.78, 5) is 4.13. The van der Waals surface area contributed by atoms with E-state index in [9.17, 15) is 8.78 Å². The van der Waals surface area contributed by atoms with Gasteiger partial charge in [0, 0.05) is 31.4 Å². The van der Waals surface area contributed by atoms with E-state index in [1.54, 1.807) is 27.1 Å². The smallest absolute Gasteiger partial charge is 0.167 e. The van der Waals surface area contributed by atoms with Gasteiger partial charge in [-0.1, -0.05) is 29.2 Å². The number of nitrogens with one attached hydrogen (secondary N) is 2. The summed E-state index contributed by atoms with van der Waals surface area (Å²) in [6.45, 7) is 8.51. The van der Waals surface area contributed by atoms with Crippen molar-refractivity contribution in [2.75, 3.05) is 7.05 Å². The minimum absolute atomic E-state index is 0.201. The molecule has 4 N–H and O–H groups in total. The molecule has 2 unspecified atom stereocenters. The van der Waals surface area contributed by atoms with Crippen molar-refractivity contribution in [1.82, 2.24) is 10.6 Å². The van der Waals surface area contributed by atoms with Crippen molar-refractivity contribution in [1.29, 1.82) is 0 Å². The Bertz CT molecular complexity index is 389. The Labute approximate surface area is 139 Å². The van der Waals surface area contributed by atoms with Crippen LogP contribution in [-0.4, -0.2) is 35.3 Å². The summed E-state index contributed by atoms with van der Waals surface area (Å²) in [7, 11) is 1.72. The molecule has 0 bridgehead atoms. The van der Waals surface area contributed by atoms with Crippen molar-refractivity contribution in [3.05, 3.63) is 24.0 Å². The number of halogens is 3. The number of allylic oxidation sites excluding steroid dienone is 1. The van der Waals surface area contributed by atoms with Crippen LogP contribution in [0.1, 0.15) is 27.2 Å². The van der Waals surface area contributed by atoms with Crippen LogP contribution in [-0.2, 0) is 0 Å². The van der Waals surface area contributed by atoms with E-state index in [0.29, 0.717) is 17.7 Å². The SMILES string of the molecule is C=C(CC(I)/N=C\[C@H](F)C(C)(C)N)/C(=C\NC)NC(C)F. The number of nitrogens with two attached hydrogens (primary N) is 1. The first-order valence-electron chi connectivity index (χ1n) is 6.64. The number of nitrogens with zero attached hydrogens (tertiary/aromatic N) is 1. The molecule has 0 saturated carbocycles. The van der Waals surface area contributed by atoms with E-state index in [0.717, 1.165) is 0 Å². The third-order valence-corrected chi connectivity index (χ3v) is 3.29. The molecule has 0 aliphatic rings. The zero-order chi connectivity index (χ0) is 16.6. The molecule has 0 amide bonds. The maximum Gasteiger partial charge on any atom is 0.167 e. The first-order chi connectivity index (χ1) is 9.57. The summed E-state index contributed by atoms with van der Waals surface area (Å²) in [5, 5.41) is 5.49. The third kappa shape index (κ3) is 9.02. The van der Waals surface area contributed by atoms with E-state index in [-0.39, 0.29) is 4.05 Å². The van der Waals surface area contributed by atoms with Crippen LogP contribution < -0.4 is 16.4 Å². The average molecular weight is 414 g/mol. The van der Waals surface area contributed by atoms with Gasteiger partial charge in [0.05, 0.1) is 5.70 Å². The van der Waals surface area contributed by atoms with Crippen molar-refractivity contribution < 1.29 is 8.78 Å². The lowest BCUT2D eigenvalue weighted by Crippen LogP contribution is -2.43. The number of hydrogen-bond acceptors (Lipinski definition) is 4. The van der Waals surface area contributed by atoms with Crippen LogP contribution >= 0.6 is 22.6 Å². The fourth-order valence-electron chi connectivity index (χ4n) is 1.33. The van der Waals surface area contributed by atoms with Crippen molar-refractivity contribution >= 4 is 28.8 Å². The van der Waals surface area contributed by atoms with Gasteiger partial charge in [0.25, 0.3) is 0 Å². The number of aliphatic imine (C=N–C) groups is 1. The molecule has 7 heteroatoms. The van der Waals surface area contributed by atoms with E-state index in [1.165, 1.54) is 13.1 Å². The fourth-order valence-corrected chi connectivity index (χ4v) is 2.05. The second-order valence-corrected chi connectivity index (χ2v) is 6.81. The molecule has 0 aliphatic carbocycles. The summed E-state index contributed by atoms with van der Waals surface area (Å²) >= 11 is 2.08. The summed E-state index contributed by atoms with van der Waals surface area (Å²) in [6, 6.07) is 0. The van der Waals surface area contributed by atoms with Crippen LogP contribution in [0.4, 0.5) is 8.78 Å². The van der Waals surface area contributed by atoms with Crippen LogP contribution in [0.25, 0.3) is 0 Å². The zero-order valence-corrected chi connectivity index (χ0v) is 15.1. The molecule has 122 valence electrons. The third-order valence-electron chi connectivity index (χ3n) is 2.53. The molecule has 0 rings (SSSR count). The van der Waals surface area contributed by atoms with Crippen molar-refractivity contribution in [3.8, 4) is 0 Å². The van der Waals surface area contributed by atoms with Crippen LogP contribution in [0.3, 0.4) is 0 Å². The van der Waals surface area contributed by atoms with Crippen LogP contribution in [0.5, 0.6) is 0 Å². The minimum atomic E-state index is -1.32. The maximum absolute atomic E-state index is 13.7. The van der Waals surface area contributed by atoms with Gasteiger partial charge in [0.15, 0.2) is 12.5 Å². The molecule has 3 atom stereocenters. The highest BCUT2D eigenvalue weighted by Gasteiger charge is 2.23. The highest BCUT2D eigenvalue weighted by molar-refractivity contribution is 14.1. The number of rotatable bonds is 9. The Hall–Kier alpha value is -0.700. The molecule has 0 spiro atoms. The molecule has 0 heterocycles. The van der Waals surface area contributed by atoms with Crippen molar-refractivity contribution in [2.45, 2.75) is 49.2 Å². The van der Waals surface area contributed by atoms with Crippen LogP contribution in [0.15, 0.2) is 29.0 Å². The van der Waals surface area contributed by atoms with Gasteiger partial charge in [-0.2, -0.15) is 0 Å². The van der Waals surface area contributed by atoms with Gasteiger partial charge < -0.3 is 16.4 Å². The van der Waals surface area contributed by atoms with Gasteiger partial charge in [-0.25, -0.2) is 8.78 Å². The van der Waals surface area contributed by atoms with E-state index in [4.69, 9.17) is 5.73 Å². The Kier molecular flexibility index (Phi) is 9.03. The highest BCUT2D eigenvalue weighted by Crippen LogP contribution is 2.19. The molecular formula is C14H25F2IN4. The lowest BCUT2D eigenvalue weighted by molar-refractivity contribution is 0.296. The topological polar surface area (TPSA) is 62.4 Å². The largest absolute Gasteiger partial charge is 0.392 e. The maximum atomic E-state index is 13.7. The summed E-state index contributed by atoms with van der Waals surface area (Å²) in [6.07, 6.45) is 0.816. The molecule has 0 aromatic carbocycles. The van der Waals surface area contributed by atoms with E-state index < -0.39 is 18.0 Å². The molecule has 0 aliphatic heterocycles. The molecule has 0 aromatic heterocycles. The average Bonchev–Trinajstić information content (AvgIpc) is 2.33. The van der Waals surface area contributed by atoms with Gasteiger partial charge in [-0.15, -0.1) is 0 Å². The molecule has 0 saturated heterocycles. The highest BCUT2D eigenvalue weighted by atomic mass is 127. The second kappa shape index (κ2) is 9.34. The van der Waals surface area contributed by atoms with Crippen LogP contribution in [0.2, 0.25) is 0 Å². The molecule has 4 nitrogen and oxygen atoms in total. The second-order valence-electron chi connectivity index (χ2n) is 5.37. The van der Waals surface area contributed by atoms with Crippen LogP contribution in [0, 0.1) is 0 Å². The van der Waals surface area contributed by atoms with E-state index in [2.05, 4.69) is 44.8 Å². The first kappa shape index (κ1) is 20.3. The fraction of sp³-hybridized carbons (Fsp3) is 0.643. The normalized spacial score (nSPS) is 17.4. The van der Waals surface area contributed by atoms with E-state index in [1.807, 2.05) is 0 Å². The quantitative estimate of drug-likeness (QED) is 0.179. The van der Waals surface area contributed by atoms with Gasteiger partial charge >= 0.3 is 0 Å². The minimum Gasteiger partial charge on any atom is -0.392 e. The molecule has 0 radical (unpaired) electrons. The Morgan fingerprint density at radius 1 is 1.48 bits per heavy atom. The molecule has 0 fully saturated rings. The lowest BCUT2D eigenvalue weighted by Gasteiger charge is -2.20. The molecule has 21 heavy (non-hydrogen) atoms. The lowest BCUT2D eigenvalue weighted by atomic mass is 10.0. The summed E-state index contributed by atoms with van der Waals surface area (Å²) < 4.78 is 26.5. The summed E-state index contributed by atoms with van der Waals surface area (Å²) in [5.41, 5.74) is 5.95. The standard InChI is InChI=1S/C14H25F2IN4/c1-9(11(7-19-5)21-10(2)15)6-13(17)20-8-12(16)14(3,4)18/h7-8,10,12-13,19,21H,1,6,18H2,2-5H3/b11-7+,20-8-/t10?,12-,13?/m0/s1. The first-order valence-corrected chi connectivity index (χ1v) is 7.89. The zero-order valence-electron chi connectivity index (χ0n) is 13.0. The molecular weight excluding hydrogens is 389 g/mol. The monoisotopic (exact) mass is 414 g/mol. The predicted octanol–water partition coefficient (Wildman–Crippen LogP) is 2.81. The van der Waals surface area contributed by atoms with Gasteiger partial charge in [0.2, 0.25) is 0 Å². The molecule has 0 aromatic rings. The Balaban J connectivity index is 4.62. The summed E-state index contributed by atoms with van der Waals surface area (Å²) in [5.74, 6) is 0. The van der Waals surface area contributed by atoms with Crippen molar-refractivity contribution in [2.24, 2.45) is 10.7 Å². The number of hydrogen-bond donors (Lipinski definition) is 3. The predicted molar refractivity (Wildman–Crippen MR) is 94.1 cm³/mol.